The zero-order valence-electron chi connectivity index (χ0n) is 8.36. The van der Waals surface area contributed by atoms with Crippen molar-refractivity contribution in [2.24, 2.45) is 0 Å². The Hall–Kier alpha value is -0.550. The number of aromatic nitrogens is 2. The van der Waals surface area contributed by atoms with Gasteiger partial charge in [0.05, 0.1) is 0 Å². The molecule has 1 rings (SSSR count). The maximum atomic E-state index is 11.0. The van der Waals surface area contributed by atoms with Gasteiger partial charge in [-0.1, -0.05) is 6.92 Å². The molecule has 1 atom stereocenters. The normalized spacial score (nSPS) is 14.3. The number of hydrogen-bond donors (Lipinski definition) is 0. The number of halogens is 1. The van der Waals surface area contributed by atoms with Gasteiger partial charge in [0.15, 0.2) is 5.03 Å². The van der Waals surface area contributed by atoms with E-state index in [4.69, 9.17) is 10.7 Å². The first-order valence-electron chi connectivity index (χ1n) is 4.36. The Morgan fingerprint density at radius 1 is 1.64 bits per heavy atom. The first-order valence-corrected chi connectivity index (χ1v) is 6.67. The van der Waals surface area contributed by atoms with E-state index < -0.39 is 9.05 Å². The largest absolute Gasteiger partial charge is 0.331 e. The summed E-state index contributed by atoms with van der Waals surface area (Å²) in [4.78, 5) is 3.89. The van der Waals surface area contributed by atoms with E-state index in [1.54, 1.807) is 6.92 Å². The van der Waals surface area contributed by atoms with Gasteiger partial charge < -0.3 is 4.57 Å². The molecule has 80 valence electrons. The highest BCUT2D eigenvalue weighted by molar-refractivity contribution is 8.13. The highest BCUT2D eigenvalue weighted by atomic mass is 35.7. The summed E-state index contributed by atoms with van der Waals surface area (Å²) in [5, 5.41) is -0.0723. The molecule has 0 radical (unpaired) electrons. The third-order valence-corrected chi connectivity index (χ3v) is 3.38. The van der Waals surface area contributed by atoms with Crippen molar-refractivity contribution < 1.29 is 8.42 Å². The molecule has 0 aliphatic rings. The fourth-order valence-electron chi connectivity index (χ4n) is 1.22. The van der Waals surface area contributed by atoms with Crippen molar-refractivity contribution in [2.75, 3.05) is 0 Å². The van der Waals surface area contributed by atoms with Gasteiger partial charge in [-0.2, -0.15) is 0 Å². The molecule has 0 fully saturated rings. The minimum atomic E-state index is -3.71. The Labute approximate surface area is 88.3 Å². The Balaban J connectivity index is 3.18. The number of aryl methyl sites for hydroxylation is 1. The average Bonchev–Trinajstić information content (AvgIpc) is 2.45. The Morgan fingerprint density at radius 3 is 2.57 bits per heavy atom. The molecule has 0 saturated carbocycles. The topological polar surface area (TPSA) is 52.0 Å². The van der Waals surface area contributed by atoms with Crippen LogP contribution in [0.15, 0.2) is 11.2 Å². The predicted molar refractivity (Wildman–Crippen MR) is 55.0 cm³/mol. The lowest BCUT2D eigenvalue weighted by atomic mass is 10.2. The van der Waals surface area contributed by atoms with Crippen molar-refractivity contribution in [1.82, 2.24) is 9.55 Å². The van der Waals surface area contributed by atoms with E-state index in [2.05, 4.69) is 4.98 Å². The van der Waals surface area contributed by atoms with Crippen LogP contribution in [0, 0.1) is 6.92 Å². The number of hydrogen-bond acceptors (Lipinski definition) is 3. The van der Waals surface area contributed by atoms with E-state index in [-0.39, 0.29) is 11.1 Å². The first-order chi connectivity index (χ1) is 6.36. The van der Waals surface area contributed by atoms with Gasteiger partial charge >= 0.3 is 0 Å². The number of imidazole rings is 1. The van der Waals surface area contributed by atoms with Gasteiger partial charge in [0.25, 0.3) is 9.05 Å². The summed E-state index contributed by atoms with van der Waals surface area (Å²) in [6.07, 6.45) is 2.39. The molecule has 1 heterocycles. The lowest BCUT2D eigenvalue weighted by molar-refractivity contribution is 0.517. The molecule has 1 aromatic heterocycles. The number of nitrogens with zero attached hydrogens (tertiary/aromatic N) is 2. The van der Waals surface area contributed by atoms with E-state index >= 15 is 0 Å². The van der Waals surface area contributed by atoms with Crippen LogP contribution in [0.1, 0.15) is 32.1 Å². The Kier molecular flexibility index (Phi) is 3.21. The highest BCUT2D eigenvalue weighted by Crippen LogP contribution is 2.19. The third kappa shape index (κ3) is 2.27. The van der Waals surface area contributed by atoms with Gasteiger partial charge in [0, 0.05) is 22.9 Å². The van der Waals surface area contributed by atoms with Crippen LogP contribution < -0.4 is 0 Å². The SMILES string of the molecule is CCC(C)n1cc(S(=O)(=O)Cl)nc1C. The van der Waals surface area contributed by atoms with Crippen molar-refractivity contribution in [3.8, 4) is 0 Å². The van der Waals surface area contributed by atoms with Crippen molar-refractivity contribution in [2.45, 2.75) is 38.3 Å². The molecule has 4 nitrogen and oxygen atoms in total. The zero-order valence-corrected chi connectivity index (χ0v) is 9.93. The summed E-state index contributed by atoms with van der Waals surface area (Å²) in [5.41, 5.74) is 0. The van der Waals surface area contributed by atoms with E-state index in [1.165, 1.54) is 6.20 Å². The van der Waals surface area contributed by atoms with Crippen molar-refractivity contribution in [3.05, 3.63) is 12.0 Å². The second-order valence-electron chi connectivity index (χ2n) is 3.23. The maximum absolute atomic E-state index is 11.0. The molecule has 6 heteroatoms. The van der Waals surface area contributed by atoms with Crippen LogP contribution in [0.3, 0.4) is 0 Å². The highest BCUT2D eigenvalue weighted by Gasteiger charge is 2.17. The van der Waals surface area contributed by atoms with Gasteiger partial charge in [0.1, 0.15) is 5.82 Å². The summed E-state index contributed by atoms with van der Waals surface area (Å²) >= 11 is 0. The van der Waals surface area contributed by atoms with Crippen LogP contribution in [0.4, 0.5) is 0 Å². The van der Waals surface area contributed by atoms with Crippen molar-refractivity contribution >= 4 is 19.7 Å². The molecular weight excluding hydrogens is 224 g/mol. The van der Waals surface area contributed by atoms with Gasteiger partial charge in [0.2, 0.25) is 0 Å². The number of rotatable bonds is 3. The lowest BCUT2D eigenvalue weighted by Crippen LogP contribution is -2.04. The minimum absolute atomic E-state index is 0.0723. The van der Waals surface area contributed by atoms with E-state index in [9.17, 15) is 8.42 Å². The van der Waals surface area contributed by atoms with Gasteiger partial charge in [-0.15, -0.1) is 0 Å². The fraction of sp³-hybridized carbons (Fsp3) is 0.625. The average molecular weight is 237 g/mol. The Bertz CT molecular complexity index is 425. The molecule has 0 N–H and O–H groups in total. The molecule has 0 saturated heterocycles. The molecule has 0 aliphatic heterocycles. The summed E-state index contributed by atoms with van der Waals surface area (Å²) in [7, 11) is 1.48. The van der Waals surface area contributed by atoms with Gasteiger partial charge in [-0.3, -0.25) is 0 Å². The molecule has 1 unspecified atom stereocenters. The summed E-state index contributed by atoms with van der Waals surface area (Å²) in [5.74, 6) is 0.665. The molecule has 14 heavy (non-hydrogen) atoms. The van der Waals surface area contributed by atoms with E-state index in [1.807, 2.05) is 18.4 Å². The molecule has 0 bridgehead atoms. The van der Waals surface area contributed by atoms with Crippen LogP contribution in [-0.2, 0) is 9.05 Å². The summed E-state index contributed by atoms with van der Waals surface area (Å²) in [6, 6.07) is 0.231. The fourth-order valence-corrected chi connectivity index (χ4v) is 1.92. The molecular formula is C8H13ClN2O2S. The van der Waals surface area contributed by atoms with Crippen molar-refractivity contribution in [1.29, 1.82) is 0 Å². The second kappa shape index (κ2) is 3.90. The van der Waals surface area contributed by atoms with Crippen molar-refractivity contribution in [3.63, 3.8) is 0 Å². The zero-order chi connectivity index (χ0) is 10.9. The van der Waals surface area contributed by atoms with E-state index in [0.29, 0.717) is 5.82 Å². The lowest BCUT2D eigenvalue weighted by Gasteiger charge is -2.11. The molecule has 0 aliphatic carbocycles. The Morgan fingerprint density at radius 2 is 2.21 bits per heavy atom. The second-order valence-corrected chi connectivity index (χ2v) is 5.74. The smallest absolute Gasteiger partial charge is 0.280 e. The van der Waals surface area contributed by atoms with Gasteiger partial charge in [-0.25, -0.2) is 13.4 Å². The van der Waals surface area contributed by atoms with Crippen LogP contribution >= 0.6 is 10.7 Å². The predicted octanol–water partition coefficient (Wildman–Crippen LogP) is 2.09. The van der Waals surface area contributed by atoms with Crippen LogP contribution in [0.25, 0.3) is 0 Å². The maximum Gasteiger partial charge on any atom is 0.280 e. The van der Waals surface area contributed by atoms with Crippen LogP contribution in [-0.4, -0.2) is 18.0 Å². The monoisotopic (exact) mass is 236 g/mol. The van der Waals surface area contributed by atoms with Gasteiger partial charge in [-0.05, 0) is 20.3 Å². The van der Waals surface area contributed by atoms with Crippen LogP contribution in [0.2, 0.25) is 0 Å². The summed E-state index contributed by atoms with van der Waals surface area (Å²) < 4.78 is 23.8. The minimum Gasteiger partial charge on any atom is -0.331 e. The first kappa shape index (κ1) is 11.5. The quantitative estimate of drug-likeness (QED) is 0.756. The van der Waals surface area contributed by atoms with E-state index in [0.717, 1.165) is 6.42 Å². The standard InChI is InChI=1S/C8H13ClN2O2S/c1-4-6(2)11-5-8(10-7(11)3)14(9,12)13/h5-6H,4H2,1-3H3. The molecule has 0 aromatic carbocycles. The molecule has 0 amide bonds. The van der Waals surface area contributed by atoms with Crippen LogP contribution in [0.5, 0.6) is 0 Å². The molecule has 0 spiro atoms. The molecule has 1 aromatic rings. The third-order valence-electron chi connectivity index (χ3n) is 2.21. The summed E-state index contributed by atoms with van der Waals surface area (Å²) in [6.45, 7) is 5.79.